The molecule has 0 bridgehead atoms. The molecular formula is C16H16ClF2NO. The van der Waals surface area contributed by atoms with Crippen LogP contribution in [0.25, 0.3) is 0 Å². The van der Waals surface area contributed by atoms with Crippen LogP contribution in [-0.4, -0.2) is 6.04 Å². The zero-order valence-corrected chi connectivity index (χ0v) is 12.3. The highest BCUT2D eigenvalue weighted by Crippen LogP contribution is 2.25. The topological polar surface area (TPSA) is 35.2 Å². The molecule has 1 atom stereocenters. The van der Waals surface area contributed by atoms with E-state index in [-0.39, 0.29) is 18.2 Å². The van der Waals surface area contributed by atoms with Crippen LogP contribution in [0, 0.1) is 11.6 Å². The predicted octanol–water partition coefficient (Wildman–Crippen LogP) is 4.09. The van der Waals surface area contributed by atoms with Gasteiger partial charge in [0.2, 0.25) is 0 Å². The van der Waals surface area contributed by atoms with Gasteiger partial charge in [-0.2, -0.15) is 0 Å². The summed E-state index contributed by atoms with van der Waals surface area (Å²) in [4.78, 5) is 0. The fourth-order valence-corrected chi connectivity index (χ4v) is 2.20. The van der Waals surface area contributed by atoms with E-state index >= 15 is 0 Å². The Morgan fingerprint density at radius 3 is 2.62 bits per heavy atom. The predicted molar refractivity (Wildman–Crippen MR) is 79.5 cm³/mol. The Bertz CT molecular complexity index is 632. The van der Waals surface area contributed by atoms with Crippen LogP contribution < -0.4 is 10.5 Å². The zero-order chi connectivity index (χ0) is 15.4. The molecule has 0 aliphatic rings. The molecule has 2 aromatic rings. The monoisotopic (exact) mass is 311 g/mol. The quantitative estimate of drug-likeness (QED) is 0.902. The molecule has 2 aromatic carbocycles. The van der Waals surface area contributed by atoms with Crippen LogP contribution in [0.5, 0.6) is 5.75 Å². The summed E-state index contributed by atoms with van der Waals surface area (Å²) >= 11 is 5.96. The Balaban J connectivity index is 2.17. The van der Waals surface area contributed by atoms with Gasteiger partial charge in [-0.1, -0.05) is 11.6 Å². The molecule has 0 saturated carbocycles. The van der Waals surface area contributed by atoms with Crippen LogP contribution in [0.4, 0.5) is 8.78 Å². The Morgan fingerprint density at radius 1 is 1.14 bits per heavy atom. The standard InChI is InChI=1S/C16H16ClF2NO/c1-10(20)6-11-7-13(17)2-5-16(11)21-9-12-8-14(18)3-4-15(12)19/h2-5,7-8,10H,6,9,20H2,1H3. The summed E-state index contributed by atoms with van der Waals surface area (Å²) in [6.45, 7) is 1.81. The first-order chi connectivity index (χ1) is 9.95. The summed E-state index contributed by atoms with van der Waals surface area (Å²) < 4.78 is 32.3. The van der Waals surface area contributed by atoms with Crippen molar-refractivity contribution in [2.75, 3.05) is 0 Å². The molecule has 2 N–H and O–H groups in total. The van der Waals surface area contributed by atoms with Crippen LogP contribution in [0.15, 0.2) is 36.4 Å². The Morgan fingerprint density at radius 2 is 1.90 bits per heavy atom. The highest BCUT2D eigenvalue weighted by Gasteiger charge is 2.10. The van der Waals surface area contributed by atoms with E-state index in [9.17, 15) is 8.78 Å². The molecular weight excluding hydrogens is 296 g/mol. The molecule has 0 saturated heterocycles. The molecule has 0 spiro atoms. The molecule has 0 amide bonds. The second-order valence-electron chi connectivity index (χ2n) is 4.96. The van der Waals surface area contributed by atoms with Crippen molar-refractivity contribution in [1.29, 1.82) is 0 Å². The number of benzene rings is 2. The van der Waals surface area contributed by atoms with Crippen LogP contribution in [0.3, 0.4) is 0 Å². The zero-order valence-electron chi connectivity index (χ0n) is 11.6. The maximum absolute atomic E-state index is 13.6. The lowest BCUT2D eigenvalue weighted by molar-refractivity contribution is 0.295. The summed E-state index contributed by atoms with van der Waals surface area (Å²) in [5, 5.41) is 0.579. The van der Waals surface area contributed by atoms with Gasteiger partial charge in [-0.3, -0.25) is 0 Å². The maximum atomic E-state index is 13.6. The third-order valence-electron chi connectivity index (χ3n) is 2.96. The number of hydrogen-bond acceptors (Lipinski definition) is 2. The van der Waals surface area contributed by atoms with E-state index < -0.39 is 11.6 Å². The average molecular weight is 312 g/mol. The largest absolute Gasteiger partial charge is 0.489 e. The van der Waals surface area contributed by atoms with Gasteiger partial charge in [0, 0.05) is 16.6 Å². The van der Waals surface area contributed by atoms with Crippen molar-refractivity contribution in [3.8, 4) is 5.75 Å². The highest BCUT2D eigenvalue weighted by atomic mass is 35.5. The van der Waals surface area contributed by atoms with Gasteiger partial charge < -0.3 is 10.5 Å². The molecule has 1 unspecified atom stereocenters. The lowest BCUT2D eigenvalue weighted by atomic mass is 10.1. The van der Waals surface area contributed by atoms with Crippen molar-refractivity contribution in [1.82, 2.24) is 0 Å². The number of ether oxygens (including phenoxy) is 1. The SMILES string of the molecule is CC(N)Cc1cc(Cl)ccc1OCc1cc(F)ccc1F. The molecule has 0 aromatic heterocycles. The Labute approximate surface area is 127 Å². The van der Waals surface area contributed by atoms with Gasteiger partial charge in [0.25, 0.3) is 0 Å². The van der Waals surface area contributed by atoms with E-state index in [0.717, 1.165) is 23.8 Å². The second kappa shape index (κ2) is 6.87. The average Bonchev–Trinajstić information content (AvgIpc) is 2.41. The molecule has 0 radical (unpaired) electrons. The normalized spacial score (nSPS) is 12.2. The molecule has 0 fully saturated rings. The number of nitrogens with two attached hydrogens (primary N) is 1. The van der Waals surface area contributed by atoms with Crippen molar-refractivity contribution >= 4 is 11.6 Å². The number of rotatable bonds is 5. The first kappa shape index (κ1) is 15.7. The van der Waals surface area contributed by atoms with Gasteiger partial charge in [-0.15, -0.1) is 0 Å². The minimum atomic E-state index is -0.501. The van der Waals surface area contributed by atoms with Gasteiger partial charge in [0.1, 0.15) is 24.0 Å². The first-order valence-corrected chi connectivity index (χ1v) is 6.94. The highest BCUT2D eigenvalue weighted by molar-refractivity contribution is 6.30. The van der Waals surface area contributed by atoms with E-state index in [2.05, 4.69) is 0 Å². The Kier molecular flexibility index (Phi) is 5.15. The summed E-state index contributed by atoms with van der Waals surface area (Å²) in [6.07, 6.45) is 0.585. The molecule has 0 heterocycles. The van der Waals surface area contributed by atoms with Gasteiger partial charge >= 0.3 is 0 Å². The molecule has 112 valence electrons. The fraction of sp³-hybridized carbons (Fsp3) is 0.250. The van der Waals surface area contributed by atoms with Gasteiger partial charge in [0.15, 0.2) is 0 Å². The summed E-state index contributed by atoms with van der Waals surface area (Å²) in [6, 6.07) is 8.37. The molecule has 2 rings (SSSR count). The van der Waals surface area contributed by atoms with Crippen molar-refractivity contribution in [3.05, 3.63) is 64.2 Å². The smallest absolute Gasteiger partial charge is 0.130 e. The summed E-state index contributed by atoms with van der Waals surface area (Å²) in [5.41, 5.74) is 6.79. The maximum Gasteiger partial charge on any atom is 0.130 e. The Hall–Kier alpha value is -1.65. The van der Waals surface area contributed by atoms with Crippen LogP contribution in [0.2, 0.25) is 5.02 Å². The summed E-state index contributed by atoms with van der Waals surface area (Å²) in [7, 11) is 0. The molecule has 0 aliphatic heterocycles. The van der Waals surface area contributed by atoms with Crippen LogP contribution in [0.1, 0.15) is 18.1 Å². The summed E-state index contributed by atoms with van der Waals surface area (Å²) in [5.74, 6) is -0.429. The minimum Gasteiger partial charge on any atom is -0.489 e. The number of hydrogen-bond donors (Lipinski definition) is 1. The van der Waals surface area contributed by atoms with E-state index in [1.165, 1.54) is 0 Å². The lowest BCUT2D eigenvalue weighted by Crippen LogP contribution is -2.18. The number of halogens is 3. The van der Waals surface area contributed by atoms with Gasteiger partial charge in [-0.05, 0) is 55.3 Å². The molecule has 2 nitrogen and oxygen atoms in total. The first-order valence-electron chi connectivity index (χ1n) is 6.56. The van der Waals surface area contributed by atoms with E-state index in [1.54, 1.807) is 18.2 Å². The van der Waals surface area contributed by atoms with Crippen molar-refractivity contribution in [2.24, 2.45) is 5.73 Å². The molecule has 5 heteroatoms. The van der Waals surface area contributed by atoms with Crippen LogP contribution >= 0.6 is 11.6 Å². The third-order valence-corrected chi connectivity index (χ3v) is 3.19. The van der Waals surface area contributed by atoms with E-state index in [4.69, 9.17) is 22.1 Å². The van der Waals surface area contributed by atoms with Gasteiger partial charge in [0.05, 0.1) is 0 Å². The van der Waals surface area contributed by atoms with Crippen molar-refractivity contribution < 1.29 is 13.5 Å². The fourth-order valence-electron chi connectivity index (χ4n) is 2.00. The second-order valence-corrected chi connectivity index (χ2v) is 5.39. The van der Waals surface area contributed by atoms with E-state index in [1.807, 2.05) is 6.92 Å². The minimum absolute atomic E-state index is 0.0584. The van der Waals surface area contributed by atoms with Crippen molar-refractivity contribution in [2.45, 2.75) is 26.0 Å². The lowest BCUT2D eigenvalue weighted by Gasteiger charge is -2.14. The van der Waals surface area contributed by atoms with Crippen LogP contribution in [-0.2, 0) is 13.0 Å². The third kappa shape index (κ3) is 4.41. The molecule has 21 heavy (non-hydrogen) atoms. The van der Waals surface area contributed by atoms with Gasteiger partial charge in [-0.25, -0.2) is 8.78 Å². The molecule has 0 aliphatic carbocycles. The van der Waals surface area contributed by atoms with E-state index in [0.29, 0.717) is 17.2 Å². The van der Waals surface area contributed by atoms with Crippen molar-refractivity contribution in [3.63, 3.8) is 0 Å².